The molecule has 0 saturated carbocycles. The summed E-state index contributed by atoms with van der Waals surface area (Å²) in [5, 5.41) is 3.05. The Morgan fingerprint density at radius 2 is 1.67 bits per heavy atom. The number of carbonyl (C=O) groups is 1. The third kappa shape index (κ3) is 6.69. The van der Waals surface area contributed by atoms with E-state index >= 15 is 0 Å². The van der Waals surface area contributed by atoms with Crippen LogP contribution in [0.15, 0.2) is 65.6 Å². The second-order valence-electron chi connectivity index (χ2n) is 7.90. The molecule has 10 heteroatoms. The van der Waals surface area contributed by atoms with Crippen molar-refractivity contribution in [2.75, 3.05) is 26.1 Å². The lowest BCUT2D eigenvalue weighted by Crippen LogP contribution is -2.45. The molecular formula is C26H29ClN2O6S. The normalized spacial score (nSPS) is 12.0. The Labute approximate surface area is 216 Å². The van der Waals surface area contributed by atoms with E-state index in [9.17, 15) is 13.2 Å². The van der Waals surface area contributed by atoms with Crippen LogP contribution in [0, 0.1) is 6.92 Å². The zero-order valence-electron chi connectivity index (χ0n) is 20.5. The Balaban J connectivity index is 1.93. The molecule has 3 aromatic rings. The summed E-state index contributed by atoms with van der Waals surface area (Å²) in [7, 11) is -1.16. The van der Waals surface area contributed by atoms with Crippen molar-refractivity contribution < 1.29 is 27.4 Å². The van der Waals surface area contributed by atoms with Gasteiger partial charge >= 0.3 is 0 Å². The van der Waals surface area contributed by atoms with Gasteiger partial charge in [0.05, 0.1) is 36.4 Å². The number of aryl methyl sites for hydroxylation is 1. The van der Waals surface area contributed by atoms with Gasteiger partial charge in [-0.3, -0.25) is 4.79 Å². The maximum Gasteiger partial charge on any atom is 0.243 e. The summed E-state index contributed by atoms with van der Waals surface area (Å²) >= 11 is 6.17. The molecule has 0 saturated heterocycles. The minimum atomic E-state index is -4.05. The Morgan fingerprint density at radius 3 is 2.28 bits per heavy atom. The molecule has 36 heavy (non-hydrogen) atoms. The lowest BCUT2D eigenvalue weighted by molar-refractivity contribution is -0.117. The van der Waals surface area contributed by atoms with Gasteiger partial charge in [0, 0.05) is 12.1 Å². The summed E-state index contributed by atoms with van der Waals surface area (Å²) in [6, 6.07) is 15.6. The average molecular weight is 533 g/mol. The fourth-order valence-corrected chi connectivity index (χ4v) is 5.09. The second kappa shape index (κ2) is 12.1. The van der Waals surface area contributed by atoms with Crippen molar-refractivity contribution in [3.05, 3.63) is 76.8 Å². The molecule has 0 heterocycles. The van der Waals surface area contributed by atoms with E-state index in [1.165, 1.54) is 38.5 Å². The van der Waals surface area contributed by atoms with E-state index in [2.05, 4.69) is 10.0 Å². The highest BCUT2D eigenvalue weighted by Crippen LogP contribution is 2.36. The van der Waals surface area contributed by atoms with Crippen LogP contribution >= 0.6 is 11.6 Å². The molecule has 0 aliphatic carbocycles. The van der Waals surface area contributed by atoms with Gasteiger partial charge in [0.15, 0.2) is 0 Å². The molecule has 0 aliphatic heterocycles. The van der Waals surface area contributed by atoms with Crippen LogP contribution in [-0.4, -0.2) is 41.2 Å². The van der Waals surface area contributed by atoms with Crippen LogP contribution in [0.4, 0.5) is 5.69 Å². The van der Waals surface area contributed by atoms with Gasteiger partial charge in [0.2, 0.25) is 15.9 Å². The molecule has 1 atom stereocenters. The molecule has 3 aromatic carbocycles. The van der Waals surface area contributed by atoms with Crippen LogP contribution in [0.25, 0.3) is 0 Å². The molecule has 2 N–H and O–H groups in total. The first-order valence-corrected chi connectivity index (χ1v) is 13.1. The number of carbonyl (C=O) groups excluding carboxylic acids is 1. The minimum absolute atomic E-state index is 0.0278. The van der Waals surface area contributed by atoms with Crippen molar-refractivity contribution in [2.45, 2.75) is 31.2 Å². The summed E-state index contributed by atoms with van der Waals surface area (Å²) in [5.74, 6) is 0.655. The number of sulfonamides is 1. The Morgan fingerprint density at radius 1 is 0.972 bits per heavy atom. The van der Waals surface area contributed by atoms with Gasteiger partial charge in [-0.1, -0.05) is 41.9 Å². The van der Waals surface area contributed by atoms with Crippen molar-refractivity contribution >= 4 is 33.2 Å². The monoisotopic (exact) mass is 532 g/mol. The molecule has 8 nitrogen and oxygen atoms in total. The molecule has 0 aliphatic rings. The lowest BCUT2D eigenvalue weighted by atomic mass is 10.1. The van der Waals surface area contributed by atoms with Crippen molar-refractivity contribution in [1.82, 2.24) is 4.72 Å². The predicted octanol–water partition coefficient (Wildman–Crippen LogP) is 4.59. The number of hydrogen-bond donors (Lipinski definition) is 2. The lowest BCUT2D eigenvalue weighted by Gasteiger charge is -2.20. The quantitative estimate of drug-likeness (QED) is 0.374. The fraction of sp³-hybridized carbons (Fsp3) is 0.269. The number of benzene rings is 3. The first kappa shape index (κ1) is 27.3. The molecule has 3 rings (SSSR count). The number of nitrogens with one attached hydrogen (secondary N) is 2. The first-order valence-electron chi connectivity index (χ1n) is 11.2. The van der Waals surface area contributed by atoms with Crippen LogP contribution in [-0.2, 0) is 21.2 Å². The van der Waals surface area contributed by atoms with Crippen molar-refractivity contribution in [2.24, 2.45) is 0 Å². The predicted molar refractivity (Wildman–Crippen MR) is 140 cm³/mol. The molecule has 192 valence electrons. The van der Waals surface area contributed by atoms with E-state index in [-0.39, 0.29) is 17.0 Å². The molecule has 0 aromatic heterocycles. The average Bonchev–Trinajstić information content (AvgIpc) is 2.86. The molecule has 0 radical (unpaired) electrons. The second-order valence-corrected chi connectivity index (χ2v) is 10.0. The van der Waals surface area contributed by atoms with Crippen LogP contribution in [0.3, 0.4) is 0 Å². The summed E-state index contributed by atoms with van der Waals surface area (Å²) in [6.45, 7) is 4.07. The number of methoxy groups -OCH3 is 2. The van der Waals surface area contributed by atoms with Gasteiger partial charge in [-0.25, -0.2) is 8.42 Å². The number of anilines is 1. The highest BCUT2D eigenvalue weighted by Gasteiger charge is 2.27. The van der Waals surface area contributed by atoms with E-state index in [1.54, 1.807) is 13.0 Å². The number of amides is 1. The molecular weight excluding hydrogens is 504 g/mol. The van der Waals surface area contributed by atoms with E-state index in [4.69, 9.17) is 25.8 Å². The highest BCUT2D eigenvalue weighted by atomic mass is 35.5. The Hall–Kier alpha value is -3.27. The summed E-state index contributed by atoms with van der Waals surface area (Å²) in [4.78, 5) is 13.4. The van der Waals surface area contributed by atoms with Crippen LogP contribution in [0.1, 0.15) is 18.1 Å². The zero-order valence-corrected chi connectivity index (χ0v) is 22.1. The Kier molecular flexibility index (Phi) is 9.19. The fourth-order valence-electron chi connectivity index (χ4n) is 3.58. The maximum atomic E-state index is 13.4. The molecule has 0 fully saturated rings. The molecule has 0 bridgehead atoms. The number of rotatable bonds is 11. The van der Waals surface area contributed by atoms with Gasteiger partial charge in [-0.2, -0.15) is 4.72 Å². The zero-order chi connectivity index (χ0) is 26.3. The molecule has 1 amide bonds. The van der Waals surface area contributed by atoms with Crippen LogP contribution < -0.4 is 24.2 Å². The summed E-state index contributed by atoms with van der Waals surface area (Å²) < 4.78 is 45.2. The molecule has 0 unspecified atom stereocenters. The van der Waals surface area contributed by atoms with Crippen molar-refractivity contribution in [3.8, 4) is 17.2 Å². The van der Waals surface area contributed by atoms with Crippen LogP contribution in [0.2, 0.25) is 5.02 Å². The summed E-state index contributed by atoms with van der Waals surface area (Å²) in [6.07, 6.45) is 0.120. The van der Waals surface area contributed by atoms with E-state index < -0.39 is 22.0 Å². The van der Waals surface area contributed by atoms with Crippen molar-refractivity contribution in [3.63, 3.8) is 0 Å². The smallest absolute Gasteiger partial charge is 0.243 e. The van der Waals surface area contributed by atoms with Gasteiger partial charge < -0.3 is 19.5 Å². The van der Waals surface area contributed by atoms with E-state index in [0.29, 0.717) is 34.4 Å². The first-order chi connectivity index (χ1) is 17.2. The van der Waals surface area contributed by atoms with Gasteiger partial charge in [-0.15, -0.1) is 0 Å². The minimum Gasteiger partial charge on any atom is -0.495 e. The number of ether oxygens (including phenoxy) is 3. The van der Waals surface area contributed by atoms with Crippen LogP contribution in [0.5, 0.6) is 17.2 Å². The highest BCUT2D eigenvalue weighted by molar-refractivity contribution is 7.89. The van der Waals surface area contributed by atoms with E-state index in [1.807, 2.05) is 37.3 Å². The topological polar surface area (TPSA) is 103 Å². The van der Waals surface area contributed by atoms with Gasteiger partial charge in [0.1, 0.15) is 23.3 Å². The summed E-state index contributed by atoms with van der Waals surface area (Å²) in [5.41, 5.74) is 1.74. The molecule has 0 spiro atoms. The standard InChI is InChI=1S/C26H29ClN2O6S/c1-5-35-23-12-11-19(13-17(23)2)36(31,32)29-22(14-18-9-7-6-8-10-18)26(30)28-21-16-24(33-3)20(27)15-25(21)34-4/h6-13,15-16,22,29H,5,14H2,1-4H3,(H,28,30)/t22-/m0/s1. The third-order valence-corrected chi connectivity index (χ3v) is 7.15. The largest absolute Gasteiger partial charge is 0.495 e. The Bertz CT molecular complexity index is 1320. The third-order valence-electron chi connectivity index (χ3n) is 5.38. The van der Waals surface area contributed by atoms with E-state index in [0.717, 1.165) is 5.56 Å². The van der Waals surface area contributed by atoms with Gasteiger partial charge in [0.25, 0.3) is 0 Å². The number of hydrogen-bond acceptors (Lipinski definition) is 6. The van der Waals surface area contributed by atoms with Crippen molar-refractivity contribution in [1.29, 1.82) is 0 Å². The number of halogens is 1. The SMILES string of the molecule is CCOc1ccc(S(=O)(=O)N[C@@H](Cc2ccccc2)C(=O)Nc2cc(OC)c(Cl)cc2OC)cc1C. The maximum absolute atomic E-state index is 13.4. The van der Waals surface area contributed by atoms with Gasteiger partial charge in [-0.05, 0) is 49.6 Å².